The van der Waals surface area contributed by atoms with Gasteiger partial charge in [0.2, 0.25) is 5.91 Å². The molecule has 1 N–H and O–H groups in total. The van der Waals surface area contributed by atoms with Gasteiger partial charge in [-0.1, -0.05) is 50.6 Å². The van der Waals surface area contributed by atoms with Gasteiger partial charge in [-0.3, -0.25) is 4.79 Å². The van der Waals surface area contributed by atoms with Crippen molar-refractivity contribution in [3.63, 3.8) is 0 Å². The molecule has 0 bridgehead atoms. The highest BCUT2D eigenvalue weighted by Gasteiger charge is 2.26. The molecule has 2 aromatic rings. The van der Waals surface area contributed by atoms with E-state index in [2.05, 4.69) is 24.1 Å². The third kappa shape index (κ3) is 3.45. The fourth-order valence-corrected chi connectivity index (χ4v) is 2.90. The van der Waals surface area contributed by atoms with Crippen molar-refractivity contribution in [2.24, 2.45) is 5.92 Å². The Hall–Kier alpha value is -1.68. The van der Waals surface area contributed by atoms with Gasteiger partial charge < -0.3 is 5.32 Å². The van der Waals surface area contributed by atoms with Crippen molar-refractivity contribution >= 4 is 22.4 Å². The molecule has 0 saturated heterocycles. The molecular formula is C16H20N2OS. The highest BCUT2D eigenvalue weighted by atomic mass is 32.1. The molecule has 0 aliphatic carbocycles. The van der Waals surface area contributed by atoms with Crippen molar-refractivity contribution in [2.75, 3.05) is 5.32 Å². The lowest BCUT2D eigenvalue weighted by molar-refractivity contribution is -0.118. The molecule has 0 fully saturated rings. The Kier molecular flexibility index (Phi) is 4.90. The van der Waals surface area contributed by atoms with Crippen molar-refractivity contribution in [1.29, 1.82) is 0 Å². The summed E-state index contributed by atoms with van der Waals surface area (Å²) >= 11 is 1.50. The van der Waals surface area contributed by atoms with Crippen LogP contribution in [-0.2, 0) is 4.79 Å². The van der Waals surface area contributed by atoms with Crippen LogP contribution in [0.3, 0.4) is 0 Å². The maximum absolute atomic E-state index is 12.6. The van der Waals surface area contributed by atoms with Gasteiger partial charge >= 0.3 is 0 Å². The molecule has 2 atom stereocenters. The summed E-state index contributed by atoms with van der Waals surface area (Å²) in [5.41, 5.74) is 1.06. The predicted molar refractivity (Wildman–Crippen MR) is 84.1 cm³/mol. The minimum atomic E-state index is -0.134. The molecular weight excluding hydrogens is 268 g/mol. The molecule has 0 radical (unpaired) electrons. The number of aryl methyl sites for hydroxylation is 1. The Balaban J connectivity index is 2.20. The van der Waals surface area contributed by atoms with Gasteiger partial charge in [-0.2, -0.15) is 0 Å². The third-order valence-electron chi connectivity index (χ3n) is 3.51. The monoisotopic (exact) mass is 288 g/mol. The van der Waals surface area contributed by atoms with E-state index < -0.39 is 0 Å². The molecule has 1 aromatic carbocycles. The number of amides is 1. The molecule has 0 aliphatic heterocycles. The number of thiazole rings is 1. The van der Waals surface area contributed by atoms with Crippen molar-refractivity contribution in [1.82, 2.24) is 4.98 Å². The Morgan fingerprint density at radius 2 is 2.05 bits per heavy atom. The summed E-state index contributed by atoms with van der Waals surface area (Å²) in [5, 5.41) is 3.62. The normalized spacial score (nSPS) is 13.8. The molecule has 3 nitrogen and oxygen atoms in total. The van der Waals surface area contributed by atoms with Crippen LogP contribution in [0.25, 0.3) is 0 Å². The van der Waals surface area contributed by atoms with E-state index in [0.29, 0.717) is 11.0 Å². The largest absolute Gasteiger partial charge is 0.301 e. The number of hydrogen-bond acceptors (Lipinski definition) is 3. The van der Waals surface area contributed by atoms with E-state index in [-0.39, 0.29) is 11.8 Å². The predicted octanol–water partition coefficient (Wildman–Crippen LogP) is 4.22. The van der Waals surface area contributed by atoms with Crippen molar-refractivity contribution in [3.05, 3.63) is 47.0 Å². The number of carbonyl (C=O) groups is 1. The molecule has 0 spiro atoms. The highest BCUT2D eigenvalue weighted by molar-refractivity contribution is 7.15. The number of carbonyl (C=O) groups excluding carboxylic acids is 1. The van der Waals surface area contributed by atoms with Crippen LogP contribution in [-0.4, -0.2) is 10.9 Å². The van der Waals surface area contributed by atoms with Crippen LogP contribution < -0.4 is 5.32 Å². The summed E-state index contributed by atoms with van der Waals surface area (Å²) in [7, 11) is 0. The zero-order chi connectivity index (χ0) is 14.5. The van der Waals surface area contributed by atoms with Gasteiger partial charge in [0.25, 0.3) is 0 Å². The molecule has 2 unspecified atom stereocenters. The molecule has 1 heterocycles. The van der Waals surface area contributed by atoms with Gasteiger partial charge in [-0.25, -0.2) is 4.98 Å². The van der Waals surface area contributed by atoms with E-state index in [9.17, 15) is 4.79 Å². The van der Waals surface area contributed by atoms with Crippen LogP contribution in [0.4, 0.5) is 5.13 Å². The maximum atomic E-state index is 12.6. The number of hydrogen-bond donors (Lipinski definition) is 1. The molecule has 1 aromatic heterocycles. The average Bonchev–Trinajstić information content (AvgIpc) is 2.85. The summed E-state index contributed by atoms with van der Waals surface area (Å²) in [6, 6.07) is 9.96. The molecule has 20 heavy (non-hydrogen) atoms. The Morgan fingerprint density at radius 3 is 2.60 bits per heavy atom. The summed E-state index contributed by atoms with van der Waals surface area (Å²) in [6.45, 7) is 6.21. The number of nitrogens with zero attached hydrogens (tertiary/aromatic N) is 1. The van der Waals surface area contributed by atoms with E-state index in [4.69, 9.17) is 0 Å². The number of aromatic nitrogens is 1. The second-order valence-electron chi connectivity index (χ2n) is 5.04. The van der Waals surface area contributed by atoms with Gasteiger partial charge in [0.15, 0.2) is 5.13 Å². The smallest absolute Gasteiger partial charge is 0.233 e. The van der Waals surface area contributed by atoms with Gasteiger partial charge in [-0.05, 0) is 18.4 Å². The minimum absolute atomic E-state index is 0.0277. The van der Waals surface area contributed by atoms with E-state index in [0.717, 1.165) is 16.9 Å². The minimum Gasteiger partial charge on any atom is -0.301 e. The Morgan fingerprint density at radius 1 is 1.35 bits per heavy atom. The summed E-state index contributed by atoms with van der Waals surface area (Å²) < 4.78 is 0. The zero-order valence-corrected chi connectivity index (χ0v) is 12.9. The van der Waals surface area contributed by atoms with Gasteiger partial charge in [0.05, 0.1) is 5.92 Å². The lowest BCUT2D eigenvalue weighted by Crippen LogP contribution is -2.26. The molecule has 1 amide bonds. The van der Waals surface area contributed by atoms with E-state index in [1.54, 1.807) is 6.20 Å². The van der Waals surface area contributed by atoms with Crippen LogP contribution >= 0.6 is 11.3 Å². The lowest BCUT2D eigenvalue weighted by atomic mass is 9.85. The van der Waals surface area contributed by atoms with Crippen LogP contribution in [0.2, 0.25) is 0 Å². The van der Waals surface area contributed by atoms with Crippen LogP contribution in [0.15, 0.2) is 36.5 Å². The number of benzene rings is 1. The topological polar surface area (TPSA) is 42.0 Å². The second-order valence-corrected chi connectivity index (χ2v) is 6.27. The summed E-state index contributed by atoms with van der Waals surface area (Å²) in [5.74, 6) is 0.184. The number of nitrogens with one attached hydrogen (secondary N) is 1. The first-order chi connectivity index (χ1) is 9.61. The SMILES string of the molecule is CCC(C)C(C(=O)Nc1ncc(C)s1)c1ccccc1. The van der Waals surface area contributed by atoms with Crippen LogP contribution in [0, 0.1) is 12.8 Å². The zero-order valence-electron chi connectivity index (χ0n) is 12.1. The Labute approximate surface area is 124 Å². The number of anilines is 1. The van der Waals surface area contributed by atoms with Crippen molar-refractivity contribution in [2.45, 2.75) is 33.1 Å². The fourth-order valence-electron chi connectivity index (χ4n) is 2.23. The summed E-state index contributed by atoms with van der Waals surface area (Å²) in [4.78, 5) is 17.9. The molecule has 0 saturated carbocycles. The first-order valence-electron chi connectivity index (χ1n) is 6.90. The van der Waals surface area contributed by atoms with Gasteiger partial charge in [-0.15, -0.1) is 11.3 Å². The van der Waals surface area contributed by atoms with Crippen LogP contribution in [0.5, 0.6) is 0 Å². The van der Waals surface area contributed by atoms with Crippen molar-refractivity contribution in [3.8, 4) is 0 Å². The molecule has 4 heteroatoms. The number of rotatable bonds is 5. The summed E-state index contributed by atoms with van der Waals surface area (Å²) in [6.07, 6.45) is 2.74. The quantitative estimate of drug-likeness (QED) is 0.895. The third-order valence-corrected chi connectivity index (χ3v) is 4.33. The van der Waals surface area contributed by atoms with Gasteiger partial charge in [0.1, 0.15) is 0 Å². The average molecular weight is 288 g/mol. The van der Waals surface area contributed by atoms with Crippen molar-refractivity contribution < 1.29 is 4.79 Å². The molecule has 106 valence electrons. The highest BCUT2D eigenvalue weighted by Crippen LogP contribution is 2.29. The van der Waals surface area contributed by atoms with E-state index in [1.165, 1.54) is 11.3 Å². The van der Waals surface area contributed by atoms with E-state index in [1.807, 2.05) is 37.3 Å². The van der Waals surface area contributed by atoms with E-state index >= 15 is 0 Å². The maximum Gasteiger partial charge on any atom is 0.233 e. The Bertz CT molecular complexity index is 565. The first kappa shape index (κ1) is 14.7. The molecule has 0 aliphatic rings. The standard InChI is InChI=1S/C16H20N2OS/c1-4-11(2)14(13-8-6-5-7-9-13)15(19)18-16-17-10-12(3)20-16/h5-11,14H,4H2,1-3H3,(H,17,18,19). The van der Waals surface area contributed by atoms with Crippen LogP contribution in [0.1, 0.15) is 36.6 Å². The first-order valence-corrected chi connectivity index (χ1v) is 7.71. The molecule has 2 rings (SSSR count). The lowest BCUT2D eigenvalue weighted by Gasteiger charge is -2.22. The fraction of sp³-hybridized carbons (Fsp3) is 0.375. The second kappa shape index (κ2) is 6.66. The van der Waals surface area contributed by atoms with Gasteiger partial charge in [0, 0.05) is 11.1 Å².